The first-order chi connectivity index (χ1) is 13.2. The second kappa shape index (κ2) is 8.06. The van der Waals surface area contributed by atoms with Gasteiger partial charge in [0.2, 0.25) is 0 Å². The molecule has 0 saturated heterocycles. The molecular formula is C19H16BrClN2O4S. The fourth-order valence-electron chi connectivity index (χ4n) is 2.72. The first kappa shape index (κ1) is 20.6. The van der Waals surface area contributed by atoms with Crippen LogP contribution in [-0.4, -0.2) is 37.0 Å². The zero-order valence-electron chi connectivity index (χ0n) is 15.0. The van der Waals surface area contributed by atoms with Crippen LogP contribution >= 0.6 is 27.5 Å². The first-order valence-electron chi connectivity index (χ1n) is 8.24. The van der Waals surface area contributed by atoms with E-state index in [-0.39, 0.29) is 22.9 Å². The Kier molecular flexibility index (Phi) is 5.92. The van der Waals surface area contributed by atoms with Crippen molar-refractivity contribution in [1.82, 2.24) is 9.78 Å². The van der Waals surface area contributed by atoms with Gasteiger partial charge < -0.3 is 4.74 Å². The minimum Gasteiger partial charge on any atom is -0.461 e. The second-order valence-corrected chi connectivity index (χ2v) is 9.22. The third-order valence-electron chi connectivity index (χ3n) is 3.87. The maximum Gasteiger partial charge on any atom is 0.360 e. The van der Waals surface area contributed by atoms with Crippen LogP contribution in [0.4, 0.5) is 0 Å². The molecule has 0 unspecified atom stereocenters. The van der Waals surface area contributed by atoms with Gasteiger partial charge in [0.25, 0.3) is 0 Å². The molecule has 3 aromatic rings. The number of sulfone groups is 1. The largest absolute Gasteiger partial charge is 0.461 e. The monoisotopic (exact) mass is 482 g/mol. The summed E-state index contributed by atoms with van der Waals surface area (Å²) in [4.78, 5) is 12.3. The zero-order chi connectivity index (χ0) is 20.5. The van der Waals surface area contributed by atoms with Crippen molar-refractivity contribution in [2.45, 2.75) is 11.8 Å². The van der Waals surface area contributed by atoms with Crippen LogP contribution in [0, 0.1) is 0 Å². The second-order valence-electron chi connectivity index (χ2n) is 5.91. The highest BCUT2D eigenvalue weighted by atomic mass is 79.9. The van der Waals surface area contributed by atoms with Crippen molar-refractivity contribution in [3.8, 4) is 16.9 Å². The molecule has 0 fully saturated rings. The average molecular weight is 484 g/mol. The lowest BCUT2D eigenvalue weighted by atomic mass is 10.1. The summed E-state index contributed by atoms with van der Waals surface area (Å²) in [5.74, 6) is -0.797. The van der Waals surface area contributed by atoms with Gasteiger partial charge in [0.15, 0.2) is 15.5 Å². The highest BCUT2D eigenvalue weighted by Crippen LogP contribution is 2.34. The molecule has 28 heavy (non-hydrogen) atoms. The van der Waals surface area contributed by atoms with E-state index in [4.69, 9.17) is 16.3 Å². The quantitative estimate of drug-likeness (QED) is 0.498. The van der Waals surface area contributed by atoms with Gasteiger partial charge in [-0.25, -0.2) is 17.9 Å². The summed E-state index contributed by atoms with van der Waals surface area (Å²) in [6, 6.07) is 13.8. The molecule has 0 spiro atoms. The summed E-state index contributed by atoms with van der Waals surface area (Å²) in [7, 11) is -3.81. The van der Waals surface area contributed by atoms with Gasteiger partial charge in [-0.05, 0) is 43.3 Å². The van der Waals surface area contributed by atoms with Crippen molar-refractivity contribution in [3.63, 3.8) is 0 Å². The summed E-state index contributed by atoms with van der Waals surface area (Å²) in [6.07, 6.45) is 1.04. The first-order valence-corrected chi connectivity index (χ1v) is 11.3. The van der Waals surface area contributed by atoms with E-state index in [1.54, 1.807) is 55.5 Å². The highest BCUT2D eigenvalue weighted by Gasteiger charge is 2.31. The summed E-state index contributed by atoms with van der Waals surface area (Å²) in [5, 5.41) is 4.81. The predicted octanol–water partition coefficient (Wildman–Crippen LogP) is 4.54. The van der Waals surface area contributed by atoms with E-state index in [2.05, 4.69) is 21.0 Å². The van der Waals surface area contributed by atoms with Crippen molar-refractivity contribution in [3.05, 3.63) is 63.7 Å². The number of rotatable bonds is 5. The Morgan fingerprint density at radius 1 is 1.14 bits per heavy atom. The Labute approximate surface area is 176 Å². The molecule has 2 aromatic carbocycles. The normalized spacial score (nSPS) is 11.4. The van der Waals surface area contributed by atoms with Crippen LogP contribution in [0.15, 0.2) is 57.9 Å². The van der Waals surface area contributed by atoms with Gasteiger partial charge in [0.1, 0.15) is 4.90 Å². The van der Waals surface area contributed by atoms with Crippen molar-refractivity contribution in [2.75, 3.05) is 12.9 Å². The summed E-state index contributed by atoms with van der Waals surface area (Å²) >= 11 is 9.35. The van der Waals surface area contributed by atoms with Crippen LogP contribution in [0.3, 0.4) is 0 Å². The van der Waals surface area contributed by atoms with Crippen molar-refractivity contribution in [2.24, 2.45) is 0 Å². The van der Waals surface area contributed by atoms with Gasteiger partial charge in [-0.2, -0.15) is 5.10 Å². The number of carbonyl (C=O) groups is 1. The maximum absolute atomic E-state index is 12.6. The van der Waals surface area contributed by atoms with E-state index in [9.17, 15) is 13.2 Å². The average Bonchev–Trinajstić information content (AvgIpc) is 3.04. The number of hydrogen-bond acceptors (Lipinski definition) is 5. The molecular weight excluding hydrogens is 468 g/mol. The van der Waals surface area contributed by atoms with Gasteiger partial charge in [-0.3, -0.25) is 0 Å². The van der Waals surface area contributed by atoms with Crippen LogP contribution in [0.1, 0.15) is 17.4 Å². The van der Waals surface area contributed by atoms with E-state index < -0.39 is 15.8 Å². The Hall–Kier alpha value is -2.16. The number of aromatic nitrogens is 2. The van der Waals surface area contributed by atoms with E-state index in [1.807, 2.05) is 0 Å². The number of benzene rings is 2. The number of carbonyl (C=O) groups excluding carboxylic acids is 1. The fourth-order valence-corrected chi connectivity index (χ4v) is 4.14. The number of hydrogen-bond donors (Lipinski definition) is 0. The number of esters is 1. The topological polar surface area (TPSA) is 78.3 Å². The van der Waals surface area contributed by atoms with Gasteiger partial charge in [-0.1, -0.05) is 39.7 Å². The van der Waals surface area contributed by atoms with Crippen LogP contribution in [0.5, 0.6) is 0 Å². The van der Waals surface area contributed by atoms with E-state index in [0.29, 0.717) is 16.3 Å². The Morgan fingerprint density at radius 3 is 2.29 bits per heavy atom. The minimum atomic E-state index is -3.81. The molecule has 9 heteroatoms. The predicted molar refractivity (Wildman–Crippen MR) is 111 cm³/mol. The molecule has 0 N–H and O–H groups in total. The molecule has 0 bridgehead atoms. The van der Waals surface area contributed by atoms with E-state index in [1.165, 1.54) is 4.68 Å². The third-order valence-corrected chi connectivity index (χ3v) is 5.78. The minimum absolute atomic E-state index is 0.101. The smallest absolute Gasteiger partial charge is 0.360 e. The molecule has 1 aromatic heterocycles. The summed E-state index contributed by atoms with van der Waals surface area (Å²) in [5.41, 5.74) is 1.16. The van der Waals surface area contributed by atoms with Crippen LogP contribution in [-0.2, 0) is 14.6 Å². The molecule has 1 heterocycles. The SMILES string of the molecule is CCOC(=O)c1nn(-c2ccc(Br)cc2)c(-c2ccc(Cl)cc2)c1S(C)(=O)=O. The number of ether oxygens (including phenoxy) is 1. The Morgan fingerprint density at radius 2 is 1.75 bits per heavy atom. The van der Waals surface area contributed by atoms with Gasteiger partial charge in [0.05, 0.1) is 18.0 Å². The molecule has 3 rings (SSSR count). The summed E-state index contributed by atoms with van der Waals surface area (Å²) < 4.78 is 32.6. The van der Waals surface area contributed by atoms with Crippen LogP contribution in [0.25, 0.3) is 16.9 Å². The standard InChI is InChI=1S/C19H16BrClN2O4S/c1-3-27-19(24)16-18(28(2,25)26)17(12-4-8-14(21)9-5-12)23(22-16)15-10-6-13(20)7-11-15/h4-11H,3H2,1-2H3. The van der Waals surface area contributed by atoms with Crippen LogP contribution < -0.4 is 0 Å². The lowest BCUT2D eigenvalue weighted by molar-refractivity contribution is 0.0514. The maximum atomic E-state index is 12.6. The van der Waals surface area contributed by atoms with Crippen molar-refractivity contribution in [1.29, 1.82) is 0 Å². The molecule has 0 saturated carbocycles. The highest BCUT2D eigenvalue weighted by molar-refractivity contribution is 9.10. The zero-order valence-corrected chi connectivity index (χ0v) is 18.2. The number of nitrogens with zero attached hydrogens (tertiary/aromatic N) is 2. The van der Waals surface area contributed by atoms with Crippen molar-refractivity contribution >= 4 is 43.3 Å². The molecule has 0 radical (unpaired) electrons. The lowest BCUT2D eigenvalue weighted by Crippen LogP contribution is -2.11. The molecule has 0 atom stereocenters. The fraction of sp³-hybridized carbons (Fsp3) is 0.158. The number of halogens is 2. The van der Waals surface area contributed by atoms with Crippen LogP contribution in [0.2, 0.25) is 5.02 Å². The Bertz CT molecular complexity index is 1120. The van der Waals surface area contributed by atoms with E-state index >= 15 is 0 Å². The molecule has 0 amide bonds. The molecule has 0 aliphatic heterocycles. The van der Waals surface area contributed by atoms with Crippen molar-refractivity contribution < 1.29 is 17.9 Å². The van der Waals surface area contributed by atoms with E-state index in [0.717, 1.165) is 10.7 Å². The van der Waals surface area contributed by atoms with Gasteiger partial charge in [-0.15, -0.1) is 0 Å². The molecule has 0 aliphatic carbocycles. The molecule has 146 valence electrons. The lowest BCUT2D eigenvalue weighted by Gasteiger charge is -2.10. The Balaban J connectivity index is 2.39. The van der Waals surface area contributed by atoms with Gasteiger partial charge in [0, 0.05) is 21.3 Å². The summed E-state index contributed by atoms with van der Waals surface area (Å²) in [6.45, 7) is 1.74. The third kappa shape index (κ3) is 4.14. The molecule has 6 nitrogen and oxygen atoms in total. The molecule has 0 aliphatic rings. The van der Waals surface area contributed by atoms with Gasteiger partial charge >= 0.3 is 5.97 Å².